The van der Waals surface area contributed by atoms with Gasteiger partial charge < -0.3 is 20.1 Å². The molecule has 1 unspecified atom stereocenters. The molecular formula is C11H19N5O2. The topological polar surface area (TPSA) is 81.2 Å². The lowest BCUT2D eigenvalue weighted by Gasteiger charge is -2.12. The maximum atomic E-state index is 5.30. The summed E-state index contributed by atoms with van der Waals surface area (Å²) in [6.45, 7) is 4.37. The van der Waals surface area contributed by atoms with Crippen molar-refractivity contribution in [3.8, 4) is 6.01 Å². The fourth-order valence-corrected chi connectivity index (χ4v) is 1.66. The average molecular weight is 253 g/mol. The largest absolute Gasteiger partial charge is 0.467 e. The number of hydrogen-bond acceptors (Lipinski definition) is 7. The van der Waals surface area contributed by atoms with Crippen LogP contribution >= 0.6 is 0 Å². The van der Waals surface area contributed by atoms with Gasteiger partial charge in [0.2, 0.25) is 11.9 Å². The number of ether oxygens (including phenoxy) is 2. The van der Waals surface area contributed by atoms with E-state index in [2.05, 4.69) is 32.5 Å². The monoisotopic (exact) mass is 253 g/mol. The Bertz CT molecular complexity index is 382. The molecule has 100 valence electrons. The highest BCUT2D eigenvalue weighted by Crippen LogP contribution is 2.14. The number of nitrogens with one attached hydrogen (secondary N) is 2. The smallest absolute Gasteiger partial charge is 0.322 e. The van der Waals surface area contributed by atoms with Crippen LogP contribution in [0.15, 0.2) is 0 Å². The molecule has 1 aliphatic heterocycles. The van der Waals surface area contributed by atoms with Crippen molar-refractivity contribution >= 4 is 11.9 Å². The Labute approximate surface area is 106 Å². The first kappa shape index (κ1) is 12.8. The SMILES string of the molecule is CCCNc1nc(NC2CCOC2)nc(OC)n1. The fraction of sp³-hybridized carbons (Fsp3) is 0.727. The lowest BCUT2D eigenvalue weighted by atomic mass is 10.3. The van der Waals surface area contributed by atoms with Crippen LogP contribution < -0.4 is 15.4 Å². The maximum Gasteiger partial charge on any atom is 0.322 e. The molecule has 1 aliphatic rings. The lowest BCUT2D eigenvalue weighted by molar-refractivity contribution is 0.195. The third kappa shape index (κ3) is 3.43. The van der Waals surface area contributed by atoms with Crippen molar-refractivity contribution in [1.82, 2.24) is 15.0 Å². The molecule has 0 amide bonds. The van der Waals surface area contributed by atoms with Gasteiger partial charge in [0.05, 0.1) is 19.8 Å². The van der Waals surface area contributed by atoms with E-state index in [0.29, 0.717) is 24.5 Å². The number of rotatable bonds is 6. The zero-order valence-electron chi connectivity index (χ0n) is 10.8. The van der Waals surface area contributed by atoms with Gasteiger partial charge in [0.1, 0.15) is 0 Å². The molecule has 0 aliphatic carbocycles. The molecule has 0 spiro atoms. The molecule has 1 fully saturated rings. The number of nitrogens with zero attached hydrogens (tertiary/aromatic N) is 3. The van der Waals surface area contributed by atoms with Crippen molar-refractivity contribution in [2.45, 2.75) is 25.8 Å². The van der Waals surface area contributed by atoms with Crippen LogP contribution in [0.5, 0.6) is 6.01 Å². The summed E-state index contributed by atoms with van der Waals surface area (Å²) >= 11 is 0. The fourth-order valence-electron chi connectivity index (χ4n) is 1.66. The molecule has 1 aromatic rings. The van der Waals surface area contributed by atoms with Gasteiger partial charge in [-0.25, -0.2) is 0 Å². The highest BCUT2D eigenvalue weighted by atomic mass is 16.5. The molecule has 7 heteroatoms. The molecule has 1 atom stereocenters. The molecule has 7 nitrogen and oxygen atoms in total. The number of anilines is 2. The van der Waals surface area contributed by atoms with Gasteiger partial charge >= 0.3 is 6.01 Å². The summed E-state index contributed by atoms with van der Waals surface area (Å²) in [6.07, 6.45) is 1.97. The summed E-state index contributed by atoms with van der Waals surface area (Å²) in [5.74, 6) is 1.06. The van der Waals surface area contributed by atoms with Crippen LogP contribution in [0.3, 0.4) is 0 Å². The van der Waals surface area contributed by atoms with Gasteiger partial charge in [-0.2, -0.15) is 15.0 Å². The van der Waals surface area contributed by atoms with Gasteiger partial charge in [-0.15, -0.1) is 0 Å². The van der Waals surface area contributed by atoms with E-state index in [1.807, 2.05) is 0 Å². The second kappa shape index (κ2) is 6.34. The predicted molar refractivity (Wildman–Crippen MR) is 68.0 cm³/mol. The highest BCUT2D eigenvalue weighted by Gasteiger charge is 2.17. The molecule has 1 aromatic heterocycles. The molecule has 18 heavy (non-hydrogen) atoms. The van der Waals surface area contributed by atoms with E-state index in [0.717, 1.165) is 26.0 Å². The van der Waals surface area contributed by atoms with Crippen LogP contribution in [0.1, 0.15) is 19.8 Å². The van der Waals surface area contributed by atoms with Crippen molar-refractivity contribution in [2.75, 3.05) is 37.5 Å². The second-order valence-electron chi connectivity index (χ2n) is 4.10. The Hall–Kier alpha value is -1.63. The van der Waals surface area contributed by atoms with E-state index in [1.165, 1.54) is 0 Å². The van der Waals surface area contributed by atoms with E-state index in [4.69, 9.17) is 9.47 Å². The van der Waals surface area contributed by atoms with Gasteiger partial charge in [0, 0.05) is 13.2 Å². The Morgan fingerprint density at radius 3 is 2.83 bits per heavy atom. The predicted octanol–water partition coefficient (Wildman–Crippen LogP) is 0.903. The molecule has 0 radical (unpaired) electrons. The Balaban J connectivity index is 2.06. The van der Waals surface area contributed by atoms with Gasteiger partial charge in [-0.05, 0) is 12.8 Å². The molecule has 2 heterocycles. The van der Waals surface area contributed by atoms with E-state index < -0.39 is 0 Å². The van der Waals surface area contributed by atoms with Crippen molar-refractivity contribution < 1.29 is 9.47 Å². The summed E-state index contributed by atoms with van der Waals surface area (Å²) in [7, 11) is 1.54. The van der Waals surface area contributed by atoms with Crippen molar-refractivity contribution in [1.29, 1.82) is 0 Å². The van der Waals surface area contributed by atoms with Gasteiger partial charge in [-0.3, -0.25) is 0 Å². The van der Waals surface area contributed by atoms with E-state index in [-0.39, 0.29) is 6.04 Å². The molecular weight excluding hydrogens is 234 g/mol. The van der Waals surface area contributed by atoms with Crippen molar-refractivity contribution in [3.05, 3.63) is 0 Å². The number of methoxy groups -OCH3 is 1. The van der Waals surface area contributed by atoms with E-state index in [9.17, 15) is 0 Å². The van der Waals surface area contributed by atoms with Crippen LogP contribution in [0, 0.1) is 0 Å². The first-order chi connectivity index (χ1) is 8.81. The Morgan fingerprint density at radius 1 is 1.33 bits per heavy atom. The molecule has 2 N–H and O–H groups in total. The summed E-state index contributed by atoms with van der Waals surface area (Å²) in [5.41, 5.74) is 0. The number of aromatic nitrogens is 3. The summed E-state index contributed by atoms with van der Waals surface area (Å²) in [6, 6.07) is 0.571. The minimum Gasteiger partial charge on any atom is -0.467 e. The van der Waals surface area contributed by atoms with Crippen LogP contribution in [-0.2, 0) is 4.74 Å². The van der Waals surface area contributed by atoms with Crippen molar-refractivity contribution in [2.24, 2.45) is 0 Å². The molecule has 0 aromatic carbocycles. The minimum atomic E-state index is 0.260. The Morgan fingerprint density at radius 2 is 2.17 bits per heavy atom. The first-order valence-corrected chi connectivity index (χ1v) is 6.20. The molecule has 0 saturated carbocycles. The number of hydrogen-bond donors (Lipinski definition) is 2. The molecule has 2 rings (SSSR count). The average Bonchev–Trinajstić information content (AvgIpc) is 2.89. The standard InChI is InChI=1S/C11H19N5O2/c1-3-5-12-9-14-10(16-11(15-9)17-2)13-8-4-6-18-7-8/h8H,3-7H2,1-2H3,(H2,12,13,14,15,16). The third-order valence-corrected chi connectivity index (χ3v) is 2.59. The Kier molecular flexibility index (Phi) is 4.52. The van der Waals surface area contributed by atoms with Gasteiger partial charge in [0.15, 0.2) is 0 Å². The van der Waals surface area contributed by atoms with E-state index in [1.54, 1.807) is 7.11 Å². The summed E-state index contributed by atoms with van der Waals surface area (Å²) in [5, 5.41) is 6.35. The van der Waals surface area contributed by atoms with Crippen LogP contribution in [0.4, 0.5) is 11.9 Å². The van der Waals surface area contributed by atoms with Crippen LogP contribution in [0.25, 0.3) is 0 Å². The minimum absolute atomic E-state index is 0.260. The molecule has 1 saturated heterocycles. The van der Waals surface area contributed by atoms with Crippen LogP contribution in [-0.4, -0.2) is 47.9 Å². The normalized spacial score (nSPS) is 18.7. The molecule has 0 bridgehead atoms. The summed E-state index contributed by atoms with van der Waals surface area (Å²) < 4.78 is 10.4. The van der Waals surface area contributed by atoms with Gasteiger partial charge in [0.25, 0.3) is 0 Å². The van der Waals surface area contributed by atoms with Crippen molar-refractivity contribution in [3.63, 3.8) is 0 Å². The highest BCUT2D eigenvalue weighted by molar-refractivity contribution is 5.36. The second-order valence-corrected chi connectivity index (χ2v) is 4.10. The van der Waals surface area contributed by atoms with Crippen LogP contribution in [0.2, 0.25) is 0 Å². The zero-order valence-corrected chi connectivity index (χ0v) is 10.8. The van der Waals surface area contributed by atoms with Gasteiger partial charge in [-0.1, -0.05) is 6.92 Å². The third-order valence-electron chi connectivity index (χ3n) is 2.59. The summed E-state index contributed by atoms with van der Waals surface area (Å²) in [4.78, 5) is 12.6. The zero-order chi connectivity index (χ0) is 12.8. The maximum absolute atomic E-state index is 5.30. The van der Waals surface area contributed by atoms with E-state index >= 15 is 0 Å². The lowest BCUT2D eigenvalue weighted by Crippen LogP contribution is -2.21. The first-order valence-electron chi connectivity index (χ1n) is 6.20. The quantitative estimate of drug-likeness (QED) is 0.779.